The molecule has 0 amide bonds. The van der Waals surface area contributed by atoms with Gasteiger partial charge in [-0.2, -0.15) is 0 Å². The fourth-order valence-corrected chi connectivity index (χ4v) is 4.04. The molecule has 3 rings (SSSR count). The van der Waals surface area contributed by atoms with Gasteiger partial charge in [-0.1, -0.05) is 12.1 Å². The number of rotatable bonds is 2. The summed E-state index contributed by atoms with van der Waals surface area (Å²) in [7, 11) is 0. The van der Waals surface area contributed by atoms with Crippen molar-refractivity contribution >= 4 is 22.9 Å². The van der Waals surface area contributed by atoms with E-state index in [2.05, 4.69) is 6.07 Å². The van der Waals surface area contributed by atoms with Gasteiger partial charge in [0.2, 0.25) is 0 Å². The number of fused-ring (bicyclic) bond motifs is 1. The predicted octanol–water partition coefficient (Wildman–Crippen LogP) is 5.09. The van der Waals surface area contributed by atoms with Crippen molar-refractivity contribution in [3.8, 4) is 0 Å². The summed E-state index contributed by atoms with van der Waals surface area (Å²) >= 11 is 8.31. The minimum atomic E-state index is -0.215. The highest BCUT2D eigenvalue weighted by molar-refractivity contribution is 7.12. The molecule has 0 N–H and O–H groups in total. The molecule has 18 heavy (non-hydrogen) atoms. The third-order valence-corrected chi connectivity index (χ3v) is 5.35. The maximum Gasteiger partial charge on any atom is 0.123 e. The van der Waals surface area contributed by atoms with E-state index in [9.17, 15) is 4.39 Å². The summed E-state index contributed by atoms with van der Waals surface area (Å²) in [5.41, 5.74) is 2.44. The first-order valence-electron chi connectivity index (χ1n) is 6.25. The minimum absolute atomic E-state index is 0.152. The first-order chi connectivity index (χ1) is 8.74. The van der Waals surface area contributed by atoms with Crippen LogP contribution in [0.25, 0.3) is 0 Å². The predicted molar refractivity (Wildman–Crippen MR) is 75.1 cm³/mol. The van der Waals surface area contributed by atoms with Crippen LogP contribution in [0.1, 0.15) is 39.1 Å². The molecule has 1 atom stereocenters. The Morgan fingerprint density at radius 1 is 1.11 bits per heavy atom. The van der Waals surface area contributed by atoms with E-state index in [1.807, 2.05) is 11.3 Å². The Balaban J connectivity index is 1.89. The fourth-order valence-electron chi connectivity index (χ4n) is 2.43. The SMILES string of the molecule is Fc1ccc(C(Cl)c2cc3c(s2)CCCC3)cc1. The monoisotopic (exact) mass is 280 g/mol. The lowest BCUT2D eigenvalue weighted by Gasteiger charge is -2.08. The maximum absolute atomic E-state index is 12.9. The zero-order valence-corrected chi connectivity index (χ0v) is 11.5. The second-order valence-corrected chi connectivity index (χ2v) is 6.32. The summed E-state index contributed by atoms with van der Waals surface area (Å²) in [4.78, 5) is 2.68. The van der Waals surface area contributed by atoms with Gasteiger partial charge < -0.3 is 0 Å². The van der Waals surface area contributed by atoms with Crippen LogP contribution < -0.4 is 0 Å². The first kappa shape index (κ1) is 12.2. The molecule has 0 radical (unpaired) electrons. The molecule has 1 aliphatic rings. The quantitative estimate of drug-likeness (QED) is 0.672. The third kappa shape index (κ3) is 2.32. The van der Waals surface area contributed by atoms with Crippen molar-refractivity contribution in [2.24, 2.45) is 0 Å². The van der Waals surface area contributed by atoms with Gasteiger partial charge in [-0.3, -0.25) is 0 Å². The molecule has 1 aliphatic carbocycles. The molecule has 0 fully saturated rings. The van der Waals surface area contributed by atoms with E-state index in [4.69, 9.17) is 11.6 Å². The zero-order chi connectivity index (χ0) is 12.5. The van der Waals surface area contributed by atoms with Crippen LogP contribution in [-0.2, 0) is 12.8 Å². The van der Waals surface area contributed by atoms with Crippen LogP contribution in [0, 0.1) is 5.82 Å². The van der Waals surface area contributed by atoms with E-state index in [-0.39, 0.29) is 11.2 Å². The highest BCUT2D eigenvalue weighted by atomic mass is 35.5. The molecule has 0 nitrogen and oxygen atoms in total. The van der Waals surface area contributed by atoms with E-state index >= 15 is 0 Å². The number of alkyl halides is 1. The molecule has 1 unspecified atom stereocenters. The standard InChI is InChI=1S/C15H14ClFS/c16-15(10-5-7-12(17)8-6-10)14-9-11-3-1-2-4-13(11)18-14/h5-9,15H,1-4H2. The smallest absolute Gasteiger partial charge is 0.123 e. The van der Waals surface area contributed by atoms with E-state index in [0.717, 1.165) is 5.56 Å². The largest absolute Gasteiger partial charge is 0.207 e. The second kappa shape index (κ2) is 5.02. The summed E-state index contributed by atoms with van der Waals surface area (Å²) in [6.45, 7) is 0. The maximum atomic E-state index is 12.9. The van der Waals surface area contributed by atoms with Crippen LogP contribution in [0.2, 0.25) is 0 Å². The third-order valence-electron chi connectivity index (χ3n) is 3.43. The number of hydrogen-bond donors (Lipinski definition) is 0. The van der Waals surface area contributed by atoms with Gasteiger partial charge in [-0.15, -0.1) is 22.9 Å². The minimum Gasteiger partial charge on any atom is -0.207 e. The Hall–Kier alpha value is -0.860. The summed E-state index contributed by atoms with van der Waals surface area (Å²) in [6, 6.07) is 8.72. The van der Waals surface area contributed by atoms with Crippen LogP contribution in [-0.4, -0.2) is 0 Å². The Bertz CT molecular complexity index is 521. The molecule has 0 saturated heterocycles. The lowest BCUT2D eigenvalue weighted by molar-refractivity contribution is 0.627. The topological polar surface area (TPSA) is 0 Å². The van der Waals surface area contributed by atoms with Crippen LogP contribution >= 0.6 is 22.9 Å². The van der Waals surface area contributed by atoms with Crippen molar-refractivity contribution in [1.82, 2.24) is 0 Å². The Morgan fingerprint density at radius 2 is 1.83 bits per heavy atom. The van der Waals surface area contributed by atoms with Gasteiger partial charge in [0.25, 0.3) is 0 Å². The van der Waals surface area contributed by atoms with Crippen molar-refractivity contribution in [2.75, 3.05) is 0 Å². The summed E-state index contributed by atoms with van der Waals surface area (Å²) in [6.07, 6.45) is 4.94. The number of benzene rings is 1. The molecule has 1 aromatic heterocycles. The van der Waals surface area contributed by atoms with E-state index in [1.54, 1.807) is 12.1 Å². The average Bonchev–Trinajstić information content (AvgIpc) is 2.82. The molecular weight excluding hydrogens is 267 g/mol. The average molecular weight is 281 g/mol. The Labute approximate surface area is 115 Å². The number of hydrogen-bond acceptors (Lipinski definition) is 1. The van der Waals surface area contributed by atoms with E-state index in [1.165, 1.54) is 53.1 Å². The molecule has 0 saturated carbocycles. The lowest BCUT2D eigenvalue weighted by atomic mass is 9.99. The van der Waals surface area contributed by atoms with Crippen molar-refractivity contribution in [3.05, 3.63) is 57.0 Å². The van der Waals surface area contributed by atoms with Crippen LogP contribution in [0.4, 0.5) is 4.39 Å². The van der Waals surface area contributed by atoms with Gasteiger partial charge in [0, 0.05) is 9.75 Å². The van der Waals surface area contributed by atoms with Crippen molar-refractivity contribution in [3.63, 3.8) is 0 Å². The normalized spacial score (nSPS) is 16.3. The number of thiophene rings is 1. The highest BCUT2D eigenvalue weighted by Gasteiger charge is 2.18. The highest BCUT2D eigenvalue weighted by Crippen LogP contribution is 2.38. The summed E-state index contributed by atoms with van der Waals surface area (Å²) in [5, 5.41) is -0.152. The van der Waals surface area contributed by atoms with Gasteiger partial charge in [0.1, 0.15) is 5.82 Å². The molecule has 94 valence electrons. The lowest BCUT2D eigenvalue weighted by Crippen LogP contribution is -1.96. The van der Waals surface area contributed by atoms with Gasteiger partial charge >= 0.3 is 0 Å². The zero-order valence-electron chi connectivity index (χ0n) is 9.96. The van der Waals surface area contributed by atoms with Gasteiger partial charge in [-0.25, -0.2) is 4.39 Å². The van der Waals surface area contributed by atoms with Crippen LogP contribution in [0.15, 0.2) is 30.3 Å². The number of halogens is 2. The van der Waals surface area contributed by atoms with Crippen LogP contribution in [0.3, 0.4) is 0 Å². The van der Waals surface area contributed by atoms with Crippen molar-refractivity contribution in [1.29, 1.82) is 0 Å². The molecular formula is C15H14ClFS. The number of aryl methyl sites for hydroxylation is 2. The Morgan fingerprint density at radius 3 is 2.56 bits per heavy atom. The molecule has 2 aromatic rings. The van der Waals surface area contributed by atoms with Gasteiger partial charge in [-0.05, 0) is 55.0 Å². The van der Waals surface area contributed by atoms with E-state index in [0.29, 0.717) is 0 Å². The molecule has 1 aromatic carbocycles. The molecule has 0 spiro atoms. The summed E-state index contributed by atoms with van der Waals surface area (Å²) < 4.78 is 12.9. The van der Waals surface area contributed by atoms with Crippen molar-refractivity contribution in [2.45, 2.75) is 31.1 Å². The Kier molecular flexibility index (Phi) is 3.40. The second-order valence-electron chi connectivity index (χ2n) is 4.72. The van der Waals surface area contributed by atoms with Gasteiger partial charge in [0.15, 0.2) is 0 Å². The van der Waals surface area contributed by atoms with Crippen LogP contribution in [0.5, 0.6) is 0 Å². The first-order valence-corrected chi connectivity index (χ1v) is 7.50. The molecule has 3 heteroatoms. The fraction of sp³-hybridized carbons (Fsp3) is 0.333. The van der Waals surface area contributed by atoms with Crippen molar-refractivity contribution < 1.29 is 4.39 Å². The molecule has 1 heterocycles. The molecule has 0 bridgehead atoms. The van der Waals surface area contributed by atoms with Gasteiger partial charge in [0.05, 0.1) is 5.38 Å². The van der Waals surface area contributed by atoms with E-state index < -0.39 is 0 Å². The summed E-state index contributed by atoms with van der Waals surface area (Å²) in [5.74, 6) is -0.215. The molecule has 0 aliphatic heterocycles.